The van der Waals surface area contributed by atoms with Gasteiger partial charge in [0, 0.05) is 8.41 Å². The van der Waals surface area contributed by atoms with Gasteiger partial charge in [0.05, 0.1) is 5.56 Å². The van der Waals surface area contributed by atoms with Gasteiger partial charge in [-0.05, 0) is 17.2 Å². The fourth-order valence-corrected chi connectivity index (χ4v) is 1.60. The van der Waals surface area contributed by atoms with E-state index in [0.717, 1.165) is 6.07 Å². The van der Waals surface area contributed by atoms with E-state index in [-0.39, 0.29) is 32.8 Å². The molecule has 0 saturated carbocycles. The number of hydrogen-bond donors (Lipinski definition) is 0. The van der Waals surface area contributed by atoms with Gasteiger partial charge in [0.2, 0.25) is 0 Å². The zero-order valence-electron chi connectivity index (χ0n) is 10.5. The molecule has 0 bridgehead atoms. The highest BCUT2D eigenvalue weighted by Crippen LogP contribution is 2.36. The first-order valence-electron chi connectivity index (χ1n) is 4.80. The van der Waals surface area contributed by atoms with Gasteiger partial charge in [0.25, 0.3) is 0 Å². The summed E-state index contributed by atoms with van der Waals surface area (Å²) < 4.78 is 38.2. The zero-order chi connectivity index (χ0) is 11.6. The Hall–Kier alpha value is -1.99. The SMILES string of the molecule is F.F.F.F.FC(F)(F)c1ccccc1-c1ccccc1.[B]. The van der Waals surface area contributed by atoms with Gasteiger partial charge in [-0.25, -0.2) is 0 Å². The summed E-state index contributed by atoms with van der Waals surface area (Å²) in [5.74, 6) is 0. The van der Waals surface area contributed by atoms with Gasteiger partial charge < -0.3 is 0 Å². The monoisotopic (exact) mass is 313 g/mol. The van der Waals surface area contributed by atoms with Crippen LogP contribution in [0.1, 0.15) is 5.56 Å². The Morgan fingerprint density at radius 2 is 1.05 bits per heavy atom. The Morgan fingerprint density at radius 1 is 0.619 bits per heavy atom. The van der Waals surface area contributed by atoms with Crippen molar-refractivity contribution >= 4 is 8.41 Å². The summed E-state index contributed by atoms with van der Waals surface area (Å²) in [6, 6.07) is 14.2. The number of alkyl halides is 3. The second-order valence-corrected chi connectivity index (χ2v) is 3.41. The van der Waals surface area contributed by atoms with Gasteiger partial charge in [0.15, 0.2) is 0 Å². The van der Waals surface area contributed by atoms with E-state index in [1.54, 1.807) is 36.4 Å². The Kier molecular flexibility index (Phi) is 14.0. The molecule has 0 fully saturated rings. The van der Waals surface area contributed by atoms with Gasteiger partial charge in [0.1, 0.15) is 0 Å². The third kappa shape index (κ3) is 6.33. The van der Waals surface area contributed by atoms with Crippen LogP contribution in [0.25, 0.3) is 11.1 Å². The van der Waals surface area contributed by atoms with Crippen molar-refractivity contribution in [1.29, 1.82) is 0 Å². The molecule has 2 rings (SSSR count). The van der Waals surface area contributed by atoms with E-state index >= 15 is 0 Å². The van der Waals surface area contributed by atoms with Crippen LogP contribution in [0.3, 0.4) is 0 Å². The molecule has 0 aliphatic heterocycles. The van der Waals surface area contributed by atoms with Crippen LogP contribution in [0.15, 0.2) is 54.6 Å². The summed E-state index contributed by atoms with van der Waals surface area (Å²) in [6.07, 6.45) is -4.31. The zero-order valence-corrected chi connectivity index (χ0v) is 10.5. The highest BCUT2D eigenvalue weighted by molar-refractivity contribution is 5.75. The molecule has 21 heavy (non-hydrogen) atoms. The van der Waals surface area contributed by atoms with Crippen LogP contribution in [0.4, 0.5) is 32.0 Å². The molecule has 117 valence electrons. The summed E-state index contributed by atoms with van der Waals surface area (Å²) in [4.78, 5) is 0. The van der Waals surface area contributed by atoms with Crippen LogP contribution in [0, 0.1) is 0 Å². The average Bonchev–Trinajstić information content (AvgIpc) is 2.29. The van der Waals surface area contributed by atoms with Gasteiger partial charge in [-0.2, -0.15) is 13.2 Å². The van der Waals surface area contributed by atoms with Crippen molar-refractivity contribution in [1.82, 2.24) is 0 Å². The van der Waals surface area contributed by atoms with E-state index in [4.69, 9.17) is 0 Å². The highest BCUT2D eigenvalue weighted by Gasteiger charge is 2.33. The number of halogens is 7. The minimum atomic E-state index is -4.31. The molecule has 0 aliphatic rings. The van der Waals surface area contributed by atoms with E-state index < -0.39 is 11.7 Å². The minimum Gasteiger partial charge on any atom is -0.269 e. The molecule has 3 radical (unpaired) electrons. The molecular weight excluding hydrogens is 300 g/mol. The van der Waals surface area contributed by atoms with Crippen LogP contribution in [-0.4, -0.2) is 8.41 Å². The lowest BCUT2D eigenvalue weighted by Crippen LogP contribution is -2.06. The Labute approximate surface area is 119 Å². The lowest BCUT2D eigenvalue weighted by molar-refractivity contribution is -0.137. The second kappa shape index (κ2) is 10.8. The maximum Gasteiger partial charge on any atom is 0.417 e. The van der Waals surface area contributed by atoms with Crippen molar-refractivity contribution in [3.8, 4) is 11.1 Å². The van der Waals surface area contributed by atoms with Crippen molar-refractivity contribution in [3.05, 3.63) is 60.2 Å². The molecule has 8 heteroatoms. The highest BCUT2D eigenvalue weighted by atomic mass is 19.4. The molecule has 0 aromatic heterocycles. The van der Waals surface area contributed by atoms with E-state index in [1.807, 2.05) is 0 Å². The quantitative estimate of drug-likeness (QED) is 0.533. The fraction of sp³-hybridized carbons (Fsp3) is 0.0769. The number of hydrogen-bond acceptors (Lipinski definition) is 0. The van der Waals surface area contributed by atoms with Gasteiger partial charge in [-0.3, -0.25) is 18.8 Å². The number of rotatable bonds is 1. The van der Waals surface area contributed by atoms with Crippen LogP contribution in [-0.2, 0) is 6.18 Å². The summed E-state index contributed by atoms with van der Waals surface area (Å²) in [5, 5.41) is 0. The van der Waals surface area contributed by atoms with Crippen LogP contribution >= 0.6 is 0 Å². The molecule has 2 aromatic carbocycles. The van der Waals surface area contributed by atoms with Crippen LogP contribution in [0.2, 0.25) is 0 Å². The molecule has 0 saturated heterocycles. The molecule has 0 N–H and O–H groups in total. The van der Waals surface area contributed by atoms with Gasteiger partial charge >= 0.3 is 6.18 Å². The number of benzene rings is 2. The maximum atomic E-state index is 12.7. The van der Waals surface area contributed by atoms with Gasteiger partial charge in [-0.15, -0.1) is 0 Å². The van der Waals surface area contributed by atoms with Gasteiger partial charge in [-0.1, -0.05) is 48.5 Å². The lowest BCUT2D eigenvalue weighted by atomic mass is 9.99. The van der Waals surface area contributed by atoms with E-state index in [0.29, 0.717) is 5.56 Å². The Bertz CT molecular complexity index is 485. The maximum absolute atomic E-state index is 12.7. The normalized spacial score (nSPS) is 8.71. The van der Waals surface area contributed by atoms with E-state index in [9.17, 15) is 13.2 Å². The molecule has 0 amide bonds. The van der Waals surface area contributed by atoms with Crippen molar-refractivity contribution in [2.24, 2.45) is 0 Å². The first-order valence-corrected chi connectivity index (χ1v) is 4.80. The molecule has 0 nitrogen and oxygen atoms in total. The molecule has 0 heterocycles. The summed E-state index contributed by atoms with van der Waals surface area (Å²) in [5.41, 5.74) is 0.201. The minimum absolute atomic E-state index is 0. The molecule has 0 unspecified atom stereocenters. The Balaban J connectivity index is -0.000000289. The summed E-state index contributed by atoms with van der Waals surface area (Å²) in [7, 11) is 0. The first-order chi connectivity index (χ1) is 7.59. The molecular formula is C13H13BF7. The third-order valence-electron chi connectivity index (χ3n) is 2.32. The summed E-state index contributed by atoms with van der Waals surface area (Å²) >= 11 is 0. The molecule has 2 aromatic rings. The Morgan fingerprint density at radius 3 is 1.52 bits per heavy atom. The van der Waals surface area contributed by atoms with Crippen molar-refractivity contribution in [3.63, 3.8) is 0 Å². The lowest BCUT2D eigenvalue weighted by Gasteiger charge is -2.12. The standard InChI is InChI=1S/C13H9F3.B.4FH/c14-13(15,16)12-9-5-4-8-11(12)10-6-2-1-3-7-10;;;;;/h1-9H;;4*1H. The predicted octanol–water partition coefficient (Wildman–Crippen LogP) is 4.60. The summed E-state index contributed by atoms with van der Waals surface area (Å²) in [6.45, 7) is 0. The molecule has 0 atom stereocenters. The first kappa shape index (κ1) is 27.4. The molecule has 0 spiro atoms. The van der Waals surface area contributed by atoms with Crippen molar-refractivity contribution in [2.45, 2.75) is 6.18 Å². The topological polar surface area (TPSA) is 0 Å². The fourth-order valence-electron chi connectivity index (χ4n) is 1.60. The van der Waals surface area contributed by atoms with E-state index in [2.05, 4.69) is 0 Å². The van der Waals surface area contributed by atoms with E-state index in [1.165, 1.54) is 12.1 Å². The largest absolute Gasteiger partial charge is 0.417 e. The van der Waals surface area contributed by atoms with Crippen molar-refractivity contribution in [2.75, 3.05) is 0 Å². The van der Waals surface area contributed by atoms with Crippen molar-refractivity contribution < 1.29 is 32.0 Å². The van der Waals surface area contributed by atoms with Crippen LogP contribution < -0.4 is 0 Å². The average molecular weight is 313 g/mol. The smallest absolute Gasteiger partial charge is 0.269 e. The third-order valence-corrected chi connectivity index (χ3v) is 2.32. The second-order valence-electron chi connectivity index (χ2n) is 3.41. The predicted molar refractivity (Wildman–Crippen MR) is 72.6 cm³/mol. The molecule has 0 aliphatic carbocycles. The van der Waals surface area contributed by atoms with Crippen LogP contribution in [0.5, 0.6) is 0 Å².